The molecule has 0 bridgehead atoms. The van der Waals surface area contributed by atoms with Gasteiger partial charge in [0.05, 0.1) is 12.9 Å². The lowest BCUT2D eigenvalue weighted by Crippen LogP contribution is -2.15. The minimum absolute atomic E-state index is 0.106. The molecule has 0 aliphatic rings. The highest BCUT2D eigenvalue weighted by molar-refractivity contribution is 7.99. The molecule has 0 aliphatic heterocycles. The van der Waals surface area contributed by atoms with Crippen molar-refractivity contribution in [1.29, 1.82) is 0 Å². The molecule has 2 aromatic carbocycles. The summed E-state index contributed by atoms with van der Waals surface area (Å²) in [6.45, 7) is 10.5. The summed E-state index contributed by atoms with van der Waals surface area (Å²) in [5, 5.41) is 12.2. The zero-order chi connectivity index (χ0) is 23.8. The number of hydrogen-bond acceptors (Lipinski definition) is 6. The van der Waals surface area contributed by atoms with Gasteiger partial charge in [0.2, 0.25) is 5.91 Å². The summed E-state index contributed by atoms with van der Waals surface area (Å²) >= 11 is 1.32. The lowest BCUT2D eigenvalue weighted by molar-refractivity contribution is -0.113. The SMILES string of the molecule is C=CCn1c(SCC(=O)Nc2ccc(C(C)C)cc2)nnc1C(C)Oc1ccccc1OC. The van der Waals surface area contributed by atoms with Gasteiger partial charge in [0.25, 0.3) is 0 Å². The number of nitrogens with zero attached hydrogens (tertiary/aromatic N) is 3. The summed E-state index contributed by atoms with van der Waals surface area (Å²) in [4.78, 5) is 12.5. The van der Waals surface area contributed by atoms with E-state index in [2.05, 4.69) is 35.9 Å². The normalized spacial score (nSPS) is 11.8. The van der Waals surface area contributed by atoms with Crippen LogP contribution in [-0.4, -0.2) is 33.5 Å². The molecule has 0 saturated heterocycles. The minimum Gasteiger partial charge on any atom is -0.493 e. The van der Waals surface area contributed by atoms with Crippen LogP contribution < -0.4 is 14.8 Å². The number of ether oxygens (including phenoxy) is 2. The highest BCUT2D eigenvalue weighted by Gasteiger charge is 2.21. The average molecular weight is 467 g/mol. The number of anilines is 1. The van der Waals surface area contributed by atoms with Crippen LogP contribution in [0.5, 0.6) is 11.5 Å². The van der Waals surface area contributed by atoms with Crippen LogP contribution in [0.2, 0.25) is 0 Å². The Morgan fingerprint density at radius 3 is 2.45 bits per heavy atom. The van der Waals surface area contributed by atoms with E-state index in [1.807, 2.05) is 60.0 Å². The summed E-state index contributed by atoms with van der Waals surface area (Å²) in [5.74, 6) is 2.47. The third-order valence-electron chi connectivity index (χ3n) is 4.99. The molecule has 0 radical (unpaired) electrons. The molecule has 8 heteroatoms. The van der Waals surface area contributed by atoms with E-state index in [4.69, 9.17) is 9.47 Å². The molecule has 3 rings (SSSR count). The van der Waals surface area contributed by atoms with E-state index in [0.717, 1.165) is 5.69 Å². The Labute approximate surface area is 199 Å². The topological polar surface area (TPSA) is 78.3 Å². The first-order chi connectivity index (χ1) is 15.9. The molecular formula is C25H30N4O3S. The molecule has 1 unspecified atom stereocenters. The number of rotatable bonds is 11. The number of benzene rings is 2. The van der Waals surface area contributed by atoms with Gasteiger partial charge in [0, 0.05) is 12.2 Å². The van der Waals surface area contributed by atoms with E-state index < -0.39 is 0 Å². The van der Waals surface area contributed by atoms with Crippen LogP contribution >= 0.6 is 11.8 Å². The molecule has 0 aliphatic carbocycles. The number of methoxy groups -OCH3 is 1. The predicted molar refractivity (Wildman–Crippen MR) is 132 cm³/mol. The van der Waals surface area contributed by atoms with E-state index in [-0.39, 0.29) is 17.8 Å². The second-order valence-electron chi connectivity index (χ2n) is 7.76. The number of aromatic nitrogens is 3. The number of allylic oxidation sites excluding steroid dienone is 1. The van der Waals surface area contributed by atoms with Crippen LogP contribution in [0.25, 0.3) is 0 Å². The maximum absolute atomic E-state index is 12.5. The van der Waals surface area contributed by atoms with Gasteiger partial charge < -0.3 is 14.8 Å². The smallest absolute Gasteiger partial charge is 0.234 e. The van der Waals surface area contributed by atoms with Crippen molar-refractivity contribution in [2.24, 2.45) is 0 Å². The van der Waals surface area contributed by atoms with Crippen molar-refractivity contribution in [3.63, 3.8) is 0 Å². The lowest BCUT2D eigenvalue weighted by atomic mass is 10.0. The van der Waals surface area contributed by atoms with Crippen LogP contribution in [0, 0.1) is 0 Å². The summed E-state index contributed by atoms with van der Waals surface area (Å²) in [7, 11) is 1.60. The second-order valence-corrected chi connectivity index (χ2v) is 8.71. The Morgan fingerprint density at radius 2 is 1.82 bits per heavy atom. The first-order valence-electron chi connectivity index (χ1n) is 10.8. The van der Waals surface area contributed by atoms with Crippen molar-refractivity contribution in [1.82, 2.24) is 14.8 Å². The van der Waals surface area contributed by atoms with Crippen molar-refractivity contribution in [3.05, 3.63) is 72.6 Å². The Balaban J connectivity index is 1.66. The van der Waals surface area contributed by atoms with Gasteiger partial charge in [-0.3, -0.25) is 9.36 Å². The average Bonchev–Trinajstić information content (AvgIpc) is 3.21. The number of hydrogen-bond donors (Lipinski definition) is 1. The van der Waals surface area contributed by atoms with E-state index in [1.54, 1.807) is 13.2 Å². The van der Waals surface area contributed by atoms with Crippen molar-refractivity contribution in [2.45, 2.75) is 44.5 Å². The number of thioether (sulfide) groups is 1. The molecule has 174 valence electrons. The largest absolute Gasteiger partial charge is 0.493 e. The summed E-state index contributed by atoms with van der Waals surface area (Å²) in [6.07, 6.45) is 1.39. The maximum Gasteiger partial charge on any atom is 0.234 e. The van der Waals surface area contributed by atoms with Crippen LogP contribution in [0.3, 0.4) is 0 Å². The zero-order valence-corrected chi connectivity index (χ0v) is 20.3. The highest BCUT2D eigenvalue weighted by Crippen LogP contribution is 2.31. The third kappa shape index (κ3) is 6.38. The van der Waals surface area contributed by atoms with Gasteiger partial charge in [-0.15, -0.1) is 16.8 Å². The van der Waals surface area contributed by atoms with Gasteiger partial charge in [-0.2, -0.15) is 0 Å². The summed E-state index contributed by atoms with van der Waals surface area (Å²) in [6, 6.07) is 15.4. The van der Waals surface area contributed by atoms with Crippen molar-refractivity contribution in [3.8, 4) is 11.5 Å². The molecule has 0 spiro atoms. The molecule has 1 heterocycles. The van der Waals surface area contributed by atoms with Crippen LogP contribution in [0.1, 0.15) is 44.2 Å². The van der Waals surface area contributed by atoms with Crippen molar-refractivity contribution in [2.75, 3.05) is 18.2 Å². The first kappa shape index (κ1) is 24.4. The van der Waals surface area contributed by atoms with Gasteiger partial charge in [0.1, 0.15) is 0 Å². The predicted octanol–water partition coefficient (Wildman–Crippen LogP) is 5.47. The Morgan fingerprint density at radius 1 is 1.12 bits per heavy atom. The molecule has 7 nitrogen and oxygen atoms in total. The molecular weight excluding hydrogens is 436 g/mol. The highest BCUT2D eigenvalue weighted by atomic mass is 32.2. The fourth-order valence-corrected chi connectivity index (χ4v) is 4.00. The van der Waals surface area contributed by atoms with Gasteiger partial charge >= 0.3 is 0 Å². The molecule has 33 heavy (non-hydrogen) atoms. The van der Waals surface area contributed by atoms with Crippen LogP contribution in [-0.2, 0) is 11.3 Å². The van der Waals surface area contributed by atoms with E-state index >= 15 is 0 Å². The standard InChI is InChI=1S/C25H30N4O3S/c1-6-15-29-24(18(4)32-22-10-8-7-9-21(22)31-5)27-28-25(29)33-16-23(30)26-20-13-11-19(12-14-20)17(2)3/h6-14,17-18H,1,15-16H2,2-5H3,(H,26,30). The molecule has 3 aromatic rings. The number of amides is 1. The molecule has 0 saturated carbocycles. The quantitative estimate of drug-likeness (QED) is 0.298. The fraction of sp³-hybridized carbons (Fsp3) is 0.320. The zero-order valence-electron chi connectivity index (χ0n) is 19.4. The van der Waals surface area contributed by atoms with Crippen molar-refractivity contribution < 1.29 is 14.3 Å². The number of carbonyl (C=O) groups excluding carboxylic acids is 1. The van der Waals surface area contributed by atoms with Crippen LogP contribution in [0.15, 0.2) is 66.3 Å². The lowest BCUT2D eigenvalue weighted by Gasteiger charge is -2.17. The maximum atomic E-state index is 12.5. The van der Waals surface area contributed by atoms with Gasteiger partial charge in [-0.05, 0) is 42.7 Å². The molecule has 1 aromatic heterocycles. The Hall–Kier alpha value is -3.26. The van der Waals surface area contributed by atoms with Crippen LogP contribution in [0.4, 0.5) is 5.69 Å². The van der Waals surface area contributed by atoms with Gasteiger partial charge in [0.15, 0.2) is 28.6 Å². The molecule has 1 amide bonds. The number of carbonyl (C=O) groups is 1. The summed E-state index contributed by atoms with van der Waals surface area (Å²) < 4.78 is 13.4. The molecule has 0 fully saturated rings. The Kier molecular flexibility index (Phi) is 8.54. The van der Waals surface area contributed by atoms with Crippen molar-refractivity contribution >= 4 is 23.4 Å². The van der Waals surface area contributed by atoms with E-state index in [9.17, 15) is 4.79 Å². The minimum atomic E-state index is -0.378. The van der Waals surface area contributed by atoms with E-state index in [0.29, 0.717) is 34.9 Å². The molecule has 1 N–H and O–H groups in total. The number of nitrogens with one attached hydrogen (secondary N) is 1. The summed E-state index contributed by atoms with van der Waals surface area (Å²) in [5.41, 5.74) is 2.01. The first-order valence-corrected chi connectivity index (χ1v) is 11.8. The number of para-hydroxylation sites is 2. The monoisotopic (exact) mass is 466 g/mol. The third-order valence-corrected chi connectivity index (χ3v) is 5.95. The fourth-order valence-electron chi connectivity index (χ4n) is 3.25. The van der Waals surface area contributed by atoms with Gasteiger partial charge in [-0.1, -0.05) is 56.0 Å². The van der Waals surface area contributed by atoms with E-state index in [1.165, 1.54) is 17.3 Å². The second kappa shape index (κ2) is 11.6. The van der Waals surface area contributed by atoms with Gasteiger partial charge in [-0.25, -0.2) is 0 Å². The Bertz CT molecular complexity index is 1080. The molecule has 1 atom stereocenters.